The lowest BCUT2D eigenvalue weighted by Gasteiger charge is -2.15. The summed E-state index contributed by atoms with van der Waals surface area (Å²) in [5.74, 6) is -0.110. The smallest absolute Gasteiger partial charge is 0.253 e. The zero-order valence-electron chi connectivity index (χ0n) is 11.3. The van der Waals surface area contributed by atoms with Gasteiger partial charge in [0.05, 0.1) is 0 Å². The molecule has 0 radical (unpaired) electrons. The maximum atomic E-state index is 11.9. The van der Waals surface area contributed by atoms with Crippen molar-refractivity contribution in [2.45, 2.75) is 33.4 Å². The van der Waals surface area contributed by atoms with Crippen LogP contribution in [0.2, 0.25) is 0 Å². The lowest BCUT2D eigenvalue weighted by molar-refractivity contribution is -0.126. The molecule has 0 spiro atoms. The molecular weight excluding hydrogens is 228 g/mol. The molecule has 0 aliphatic heterocycles. The van der Waals surface area contributed by atoms with Crippen LogP contribution in [-0.2, 0) is 16.1 Å². The standard InChI is InChI=1S/C14H22N2O2/c1-4-15-10-12-8-6-7-9-13(12)16-14(17)11(3)18-5-2/h6-9,11,15H,4-5,10H2,1-3H3,(H,16,17). The van der Waals surface area contributed by atoms with Crippen molar-refractivity contribution in [3.8, 4) is 0 Å². The Hall–Kier alpha value is -1.39. The fraction of sp³-hybridized carbons (Fsp3) is 0.500. The molecule has 4 heteroatoms. The van der Waals surface area contributed by atoms with E-state index in [0.717, 1.165) is 24.3 Å². The number of carbonyl (C=O) groups is 1. The van der Waals surface area contributed by atoms with Gasteiger partial charge >= 0.3 is 0 Å². The lowest BCUT2D eigenvalue weighted by Crippen LogP contribution is -2.28. The highest BCUT2D eigenvalue weighted by molar-refractivity contribution is 5.94. The van der Waals surface area contributed by atoms with Gasteiger partial charge in [-0.3, -0.25) is 4.79 Å². The molecule has 1 aromatic rings. The Morgan fingerprint density at radius 2 is 2.06 bits per heavy atom. The summed E-state index contributed by atoms with van der Waals surface area (Å²) in [6.07, 6.45) is -0.429. The Balaban J connectivity index is 2.68. The third kappa shape index (κ3) is 4.47. The van der Waals surface area contributed by atoms with Crippen LogP contribution in [0, 0.1) is 0 Å². The summed E-state index contributed by atoms with van der Waals surface area (Å²) in [6.45, 7) is 7.87. The van der Waals surface area contributed by atoms with Gasteiger partial charge in [0.1, 0.15) is 6.10 Å². The first-order valence-corrected chi connectivity index (χ1v) is 6.40. The average Bonchev–Trinajstić information content (AvgIpc) is 2.38. The minimum Gasteiger partial charge on any atom is -0.369 e. The summed E-state index contributed by atoms with van der Waals surface area (Å²) in [5, 5.41) is 6.15. The van der Waals surface area contributed by atoms with Gasteiger partial charge in [-0.2, -0.15) is 0 Å². The first-order chi connectivity index (χ1) is 8.69. The summed E-state index contributed by atoms with van der Waals surface area (Å²) in [7, 11) is 0. The average molecular weight is 250 g/mol. The summed E-state index contributed by atoms with van der Waals surface area (Å²) in [6, 6.07) is 7.79. The molecule has 0 saturated heterocycles. The highest BCUT2D eigenvalue weighted by atomic mass is 16.5. The number of ether oxygens (including phenoxy) is 1. The molecule has 0 heterocycles. The fourth-order valence-electron chi connectivity index (χ4n) is 1.62. The largest absolute Gasteiger partial charge is 0.369 e. The minimum atomic E-state index is -0.429. The zero-order valence-corrected chi connectivity index (χ0v) is 11.3. The van der Waals surface area contributed by atoms with E-state index in [4.69, 9.17) is 4.74 Å². The van der Waals surface area contributed by atoms with Crippen LogP contribution in [0.4, 0.5) is 5.69 Å². The van der Waals surface area contributed by atoms with Crippen molar-refractivity contribution in [3.05, 3.63) is 29.8 Å². The molecule has 4 nitrogen and oxygen atoms in total. The number of anilines is 1. The van der Waals surface area contributed by atoms with Crippen molar-refractivity contribution in [1.82, 2.24) is 5.32 Å². The van der Waals surface area contributed by atoms with Crippen LogP contribution < -0.4 is 10.6 Å². The highest BCUT2D eigenvalue weighted by Gasteiger charge is 2.13. The summed E-state index contributed by atoms with van der Waals surface area (Å²) in [5.41, 5.74) is 1.92. The Morgan fingerprint density at radius 1 is 1.33 bits per heavy atom. The number of hydrogen-bond acceptors (Lipinski definition) is 3. The molecule has 0 fully saturated rings. The van der Waals surface area contributed by atoms with Gasteiger partial charge in [0.2, 0.25) is 0 Å². The molecule has 100 valence electrons. The molecule has 1 aromatic carbocycles. The van der Waals surface area contributed by atoms with E-state index in [9.17, 15) is 4.79 Å². The summed E-state index contributed by atoms with van der Waals surface area (Å²) in [4.78, 5) is 11.9. The van der Waals surface area contributed by atoms with Gasteiger partial charge in [0.15, 0.2) is 0 Å². The van der Waals surface area contributed by atoms with E-state index in [0.29, 0.717) is 6.61 Å². The molecule has 0 saturated carbocycles. The topological polar surface area (TPSA) is 50.4 Å². The molecule has 1 unspecified atom stereocenters. The molecular formula is C14H22N2O2. The van der Waals surface area contributed by atoms with Crippen molar-refractivity contribution in [3.63, 3.8) is 0 Å². The Bertz CT molecular complexity index is 380. The maximum absolute atomic E-state index is 11.9. The molecule has 1 rings (SSSR count). The normalized spacial score (nSPS) is 12.2. The quantitative estimate of drug-likeness (QED) is 0.779. The monoisotopic (exact) mass is 250 g/mol. The number of benzene rings is 1. The van der Waals surface area contributed by atoms with Gasteiger partial charge in [-0.1, -0.05) is 25.1 Å². The van der Waals surface area contributed by atoms with Crippen LogP contribution in [0.1, 0.15) is 26.3 Å². The van der Waals surface area contributed by atoms with Gasteiger partial charge in [0, 0.05) is 18.8 Å². The van der Waals surface area contributed by atoms with Crippen molar-refractivity contribution in [1.29, 1.82) is 0 Å². The second-order valence-corrected chi connectivity index (χ2v) is 4.02. The molecule has 0 aromatic heterocycles. The third-order valence-electron chi connectivity index (χ3n) is 2.63. The van der Waals surface area contributed by atoms with Gasteiger partial charge < -0.3 is 15.4 Å². The molecule has 0 aliphatic carbocycles. The van der Waals surface area contributed by atoms with Crippen LogP contribution in [0.5, 0.6) is 0 Å². The van der Waals surface area contributed by atoms with Crippen LogP contribution in [0.3, 0.4) is 0 Å². The number of nitrogens with one attached hydrogen (secondary N) is 2. The Labute approximate surface area is 109 Å². The van der Waals surface area contributed by atoms with Gasteiger partial charge in [0.25, 0.3) is 5.91 Å². The number of hydrogen-bond donors (Lipinski definition) is 2. The molecule has 0 aliphatic rings. The molecule has 18 heavy (non-hydrogen) atoms. The molecule has 0 bridgehead atoms. The summed E-state index contributed by atoms with van der Waals surface area (Å²) < 4.78 is 5.27. The second kappa shape index (κ2) is 7.84. The predicted octanol–water partition coefficient (Wildman–Crippen LogP) is 2.16. The van der Waals surface area contributed by atoms with E-state index in [1.165, 1.54) is 0 Å². The van der Waals surface area contributed by atoms with Crippen LogP contribution in [0.15, 0.2) is 24.3 Å². The summed E-state index contributed by atoms with van der Waals surface area (Å²) >= 11 is 0. The van der Waals surface area contributed by atoms with Crippen molar-refractivity contribution in [2.75, 3.05) is 18.5 Å². The number of carbonyl (C=O) groups excluding carboxylic acids is 1. The predicted molar refractivity (Wildman–Crippen MR) is 73.5 cm³/mol. The molecule has 1 atom stereocenters. The number of para-hydroxylation sites is 1. The van der Waals surface area contributed by atoms with Crippen molar-refractivity contribution >= 4 is 11.6 Å². The number of rotatable bonds is 7. The van der Waals surface area contributed by atoms with Crippen LogP contribution >= 0.6 is 0 Å². The van der Waals surface area contributed by atoms with Crippen LogP contribution in [0.25, 0.3) is 0 Å². The van der Waals surface area contributed by atoms with E-state index >= 15 is 0 Å². The lowest BCUT2D eigenvalue weighted by atomic mass is 10.1. The van der Waals surface area contributed by atoms with Crippen molar-refractivity contribution in [2.24, 2.45) is 0 Å². The van der Waals surface area contributed by atoms with Crippen LogP contribution in [-0.4, -0.2) is 25.2 Å². The second-order valence-electron chi connectivity index (χ2n) is 4.02. The van der Waals surface area contributed by atoms with Crippen molar-refractivity contribution < 1.29 is 9.53 Å². The SMILES string of the molecule is CCNCc1ccccc1NC(=O)C(C)OCC. The Kier molecular flexibility index (Phi) is 6.39. The molecule has 1 amide bonds. The van der Waals surface area contributed by atoms with E-state index in [2.05, 4.69) is 17.6 Å². The first-order valence-electron chi connectivity index (χ1n) is 6.40. The van der Waals surface area contributed by atoms with E-state index in [1.807, 2.05) is 31.2 Å². The fourth-order valence-corrected chi connectivity index (χ4v) is 1.62. The zero-order chi connectivity index (χ0) is 13.4. The van der Waals surface area contributed by atoms with Gasteiger partial charge in [-0.05, 0) is 32.0 Å². The minimum absolute atomic E-state index is 0.110. The maximum Gasteiger partial charge on any atom is 0.253 e. The molecule has 2 N–H and O–H groups in total. The third-order valence-corrected chi connectivity index (χ3v) is 2.63. The highest BCUT2D eigenvalue weighted by Crippen LogP contribution is 2.15. The van der Waals surface area contributed by atoms with E-state index < -0.39 is 6.10 Å². The number of amides is 1. The first kappa shape index (κ1) is 14.7. The Morgan fingerprint density at radius 3 is 2.72 bits per heavy atom. The van der Waals surface area contributed by atoms with Gasteiger partial charge in [-0.25, -0.2) is 0 Å². The van der Waals surface area contributed by atoms with E-state index in [-0.39, 0.29) is 5.91 Å². The van der Waals surface area contributed by atoms with E-state index in [1.54, 1.807) is 6.92 Å². The van der Waals surface area contributed by atoms with Gasteiger partial charge in [-0.15, -0.1) is 0 Å².